The van der Waals surface area contributed by atoms with E-state index < -0.39 is 21.5 Å². The first-order chi connectivity index (χ1) is 8.45. The summed E-state index contributed by atoms with van der Waals surface area (Å²) in [5.41, 5.74) is -0.0694. The van der Waals surface area contributed by atoms with Crippen LogP contribution in [0.1, 0.15) is 12.5 Å². The van der Waals surface area contributed by atoms with Crippen LogP contribution in [0.3, 0.4) is 0 Å². The van der Waals surface area contributed by atoms with Gasteiger partial charge in [0.2, 0.25) is 0 Å². The molecular weight excluding hydrogens is 309 g/mol. The molecule has 0 aromatic heterocycles. The van der Waals surface area contributed by atoms with Crippen LogP contribution in [-0.4, -0.2) is 22.3 Å². The van der Waals surface area contributed by atoms with Crippen molar-refractivity contribution in [3.63, 3.8) is 0 Å². The Morgan fingerprint density at radius 1 is 1.61 bits per heavy atom. The Bertz CT molecular complexity index is 466. The molecule has 0 amide bonds. The topological polar surface area (TPSA) is 69.4 Å². The Labute approximate surface area is 111 Å². The second kappa shape index (κ2) is 6.44. The minimum atomic E-state index is -0.693. The standard InChI is InChI=1S/C11H11BrFNO4/c1-2-18-11(15)9(12)5-7-3-4-8(13)6-10(7)14(16)17/h3-4,6,9H,2,5H2,1H3. The molecule has 0 saturated carbocycles. The monoisotopic (exact) mass is 319 g/mol. The van der Waals surface area contributed by atoms with Gasteiger partial charge in [0.1, 0.15) is 10.6 Å². The molecule has 0 fully saturated rings. The van der Waals surface area contributed by atoms with E-state index in [1.165, 1.54) is 6.07 Å². The summed E-state index contributed by atoms with van der Waals surface area (Å²) in [6.07, 6.45) is 0.0649. The molecule has 1 aromatic rings. The molecule has 1 atom stereocenters. The smallest absolute Gasteiger partial charge is 0.320 e. The first kappa shape index (κ1) is 14.6. The normalized spacial score (nSPS) is 11.9. The summed E-state index contributed by atoms with van der Waals surface area (Å²) in [5.74, 6) is -1.19. The lowest BCUT2D eigenvalue weighted by Crippen LogP contribution is -2.20. The van der Waals surface area contributed by atoms with Crippen LogP contribution in [0.15, 0.2) is 18.2 Å². The van der Waals surface area contributed by atoms with Crippen LogP contribution in [0.25, 0.3) is 0 Å². The van der Waals surface area contributed by atoms with E-state index in [0.29, 0.717) is 0 Å². The maximum Gasteiger partial charge on any atom is 0.320 e. The highest BCUT2D eigenvalue weighted by molar-refractivity contribution is 9.10. The Hall–Kier alpha value is -1.50. The van der Waals surface area contributed by atoms with E-state index >= 15 is 0 Å². The van der Waals surface area contributed by atoms with Gasteiger partial charge >= 0.3 is 5.97 Å². The molecule has 18 heavy (non-hydrogen) atoms. The van der Waals surface area contributed by atoms with Crippen molar-refractivity contribution in [1.82, 2.24) is 0 Å². The number of carbonyl (C=O) groups is 1. The van der Waals surface area contributed by atoms with Crippen LogP contribution in [0.4, 0.5) is 10.1 Å². The second-order valence-electron chi connectivity index (χ2n) is 3.45. The number of alkyl halides is 1. The van der Waals surface area contributed by atoms with E-state index in [2.05, 4.69) is 15.9 Å². The van der Waals surface area contributed by atoms with E-state index in [0.717, 1.165) is 12.1 Å². The van der Waals surface area contributed by atoms with Crippen molar-refractivity contribution < 1.29 is 18.8 Å². The number of nitro benzene ring substituents is 1. The van der Waals surface area contributed by atoms with E-state index in [-0.39, 0.29) is 24.3 Å². The van der Waals surface area contributed by atoms with Gasteiger partial charge < -0.3 is 4.74 Å². The molecule has 1 rings (SSSR count). The van der Waals surface area contributed by atoms with Crippen LogP contribution >= 0.6 is 15.9 Å². The summed E-state index contributed by atoms with van der Waals surface area (Å²) in [4.78, 5) is 20.8. The summed E-state index contributed by atoms with van der Waals surface area (Å²) in [5, 5.41) is 10.8. The number of halogens is 2. The van der Waals surface area contributed by atoms with E-state index in [1.54, 1.807) is 6.92 Å². The lowest BCUT2D eigenvalue weighted by molar-refractivity contribution is -0.385. The first-order valence-corrected chi connectivity index (χ1v) is 6.10. The molecule has 0 saturated heterocycles. The number of benzene rings is 1. The van der Waals surface area contributed by atoms with Crippen molar-refractivity contribution in [2.24, 2.45) is 0 Å². The molecule has 0 aliphatic carbocycles. The molecule has 0 spiro atoms. The Morgan fingerprint density at radius 2 is 2.28 bits per heavy atom. The summed E-state index contributed by atoms with van der Waals surface area (Å²) in [6.45, 7) is 1.89. The molecule has 0 bridgehead atoms. The van der Waals surface area contributed by atoms with E-state index in [4.69, 9.17) is 4.74 Å². The van der Waals surface area contributed by atoms with Crippen molar-refractivity contribution >= 4 is 27.6 Å². The summed E-state index contributed by atoms with van der Waals surface area (Å²) >= 11 is 3.09. The van der Waals surface area contributed by atoms with Gasteiger partial charge in [-0.15, -0.1) is 0 Å². The minimum absolute atomic E-state index is 0.0649. The highest BCUT2D eigenvalue weighted by Gasteiger charge is 2.22. The summed E-state index contributed by atoms with van der Waals surface area (Å²) < 4.78 is 17.7. The number of ether oxygens (including phenoxy) is 1. The zero-order valence-electron chi connectivity index (χ0n) is 9.56. The average molecular weight is 320 g/mol. The van der Waals surface area contributed by atoms with Crippen LogP contribution in [0, 0.1) is 15.9 Å². The lowest BCUT2D eigenvalue weighted by Gasteiger charge is -2.09. The third-order valence-corrected chi connectivity index (χ3v) is 2.88. The largest absolute Gasteiger partial charge is 0.465 e. The molecule has 0 aliphatic rings. The first-order valence-electron chi connectivity index (χ1n) is 5.19. The zero-order valence-corrected chi connectivity index (χ0v) is 11.1. The Morgan fingerprint density at radius 3 is 2.83 bits per heavy atom. The Kier molecular flexibility index (Phi) is 5.21. The highest BCUT2D eigenvalue weighted by Crippen LogP contribution is 2.23. The van der Waals surface area contributed by atoms with Gasteiger partial charge in [0.05, 0.1) is 17.6 Å². The summed E-state index contributed by atoms with van der Waals surface area (Å²) in [7, 11) is 0. The molecule has 0 heterocycles. The maximum absolute atomic E-state index is 12.9. The van der Waals surface area contributed by atoms with Crippen molar-refractivity contribution in [3.05, 3.63) is 39.7 Å². The molecule has 1 unspecified atom stereocenters. The molecule has 1 aromatic carbocycles. The number of rotatable bonds is 5. The van der Waals surface area contributed by atoms with Gasteiger partial charge in [-0.1, -0.05) is 15.9 Å². The highest BCUT2D eigenvalue weighted by atomic mass is 79.9. The van der Waals surface area contributed by atoms with E-state index in [1.807, 2.05) is 0 Å². The van der Waals surface area contributed by atoms with Crippen molar-refractivity contribution in [2.75, 3.05) is 6.61 Å². The van der Waals surface area contributed by atoms with Gasteiger partial charge in [0.15, 0.2) is 0 Å². The van der Waals surface area contributed by atoms with Gasteiger partial charge in [0.25, 0.3) is 5.69 Å². The summed E-state index contributed by atoms with van der Waals surface area (Å²) in [6, 6.07) is 3.24. The van der Waals surface area contributed by atoms with Crippen LogP contribution < -0.4 is 0 Å². The minimum Gasteiger partial charge on any atom is -0.465 e. The maximum atomic E-state index is 12.9. The average Bonchev–Trinajstić information content (AvgIpc) is 2.31. The number of nitro groups is 1. The lowest BCUT2D eigenvalue weighted by atomic mass is 10.1. The van der Waals surface area contributed by atoms with Gasteiger partial charge in [0, 0.05) is 12.0 Å². The number of nitrogens with zero attached hydrogens (tertiary/aromatic N) is 1. The molecule has 0 aliphatic heterocycles. The van der Waals surface area contributed by atoms with Gasteiger partial charge in [-0.3, -0.25) is 14.9 Å². The van der Waals surface area contributed by atoms with Crippen molar-refractivity contribution in [3.8, 4) is 0 Å². The number of hydrogen-bond donors (Lipinski definition) is 0. The molecule has 98 valence electrons. The molecule has 7 heteroatoms. The molecule has 0 radical (unpaired) electrons. The third kappa shape index (κ3) is 3.76. The number of carbonyl (C=O) groups excluding carboxylic acids is 1. The van der Waals surface area contributed by atoms with Gasteiger partial charge in [-0.25, -0.2) is 4.39 Å². The number of hydrogen-bond acceptors (Lipinski definition) is 4. The third-order valence-electron chi connectivity index (χ3n) is 2.19. The predicted octanol–water partition coefficient (Wildman–Crippen LogP) is 2.60. The van der Waals surface area contributed by atoms with E-state index in [9.17, 15) is 19.3 Å². The van der Waals surface area contributed by atoms with Crippen molar-refractivity contribution in [1.29, 1.82) is 0 Å². The fourth-order valence-corrected chi connectivity index (χ4v) is 1.87. The molecular formula is C11H11BrFNO4. The molecule has 5 nitrogen and oxygen atoms in total. The fourth-order valence-electron chi connectivity index (χ4n) is 1.39. The van der Waals surface area contributed by atoms with Crippen LogP contribution in [0.2, 0.25) is 0 Å². The predicted molar refractivity (Wildman–Crippen MR) is 66.1 cm³/mol. The Balaban J connectivity index is 2.90. The van der Waals surface area contributed by atoms with Crippen LogP contribution in [0.5, 0.6) is 0 Å². The zero-order chi connectivity index (χ0) is 13.7. The number of esters is 1. The van der Waals surface area contributed by atoms with Crippen molar-refractivity contribution in [2.45, 2.75) is 18.2 Å². The van der Waals surface area contributed by atoms with Gasteiger partial charge in [-0.2, -0.15) is 0 Å². The molecule has 0 N–H and O–H groups in total. The quantitative estimate of drug-likeness (QED) is 0.362. The van der Waals surface area contributed by atoms with Crippen LogP contribution in [-0.2, 0) is 16.0 Å². The fraction of sp³-hybridized carbons (Fsp3) is 0.364. The second-order valence-corrected chi connectivity index (χ2v) is 4.56. The van der Waals surface area contributed by atoms with Gasteiger partial charge in [-0.05, 0) is 19.1 Å². The SMILES string of the molecule is CCOC(=O)C(Br)Cc1ccc(F)cc1[N+](=O)[O-].